The highest BCUT2D eigenvalue weighted by Gasteiger charge is 2.18. The van der Waals surface area contributed by atoms with Crippen molar-refractivity contribution >= 4 is 11.6 Å². The number of ether oxygens (including phenoxy) is 1. The average Bonchev–Trinajstić information content (AvgIpc) is 2.81. The lowest BCUT2D eigenvalue weighted by Gasteiger charge is -2.20. The molecule has 2 aromatic heterocycles. The van der Waals surface area contributed by atoms with Crippen molar-refractivity contribution in [2.24, 2.45) is 0 Å². The molecular formula is C13H17N3O3. The van der Waals surface area contributed by atoms with E-state index < -0.39 is 6.10 Å². The van der Waals surface area contributed by atoms with Crippen LogP contribution in [0.25, 0.3) is 5.65 Å². The summed E-state index contributed by atoms with van der Waals surface area (Å²) in [6.45, 7) is 0.414. The van der Waals surface area contributed by atoms with Crippen LogP contribution in [0.2, 0.25) is 0 Å². The molecule has 0 aliphatic rings. The topological polar surface area (TPSA) is 67.1 Å². The SMILES string of the molecule is COCC(O)CN(C)C(=O)c1cnc2ccccn12. The van der Waals surface area contributed by atoms with Crippen molar-refractivity contribution in [3.63, 3.8) is 0 Å². The number of pyridine rings is 1. The fourth-order valence-electron chi connectivity index (χ4n) is 1.93. The number of rotatable bonds is 5. The van der Waals surface area contributed by atoms with Gasteiger partial charge < -0.3 is 14.7 Å². The summed E-state index contributed by atoms with van der Waals surface area (Å²) in [7, 11) is 3.15. The van der Waals surface area contributed by atoms with Crippen LogP contribution in [-0.2, 0) is 4.74 Å². The highest BCUT2D eigenvalue weighted by atomic mass is 16.5. The van der Waals surface area contributed by atoms with Crippen LogP contribution in [-0.4, -0.2) is 58.7 Å². The van der Waals surface area contributed by atoms with Crippen LogP contribution in [0.3, 0.4) is 0 Å². The zero-order valence-electron chi connectivity index (χ0n) is 11.0. The highest BCUT2D eigenvalue weighted by Crippen LogP contribution is 2.08. The van der Waals surface area contributed by atoms with Gasteiger partial charge in [0.2, 0.25) is 0 Å². The normalized spacial score (nSPS) is 12.6. The number of hydrogen-bond acceptors (Lipinski definition) is 4. The van der Waals surface area contributed by atoms with E-state index in [9.17, 15) is 9.90 Å². The second kappa shape index (κ2) is 5.81. The van der Waals surface area contributed by atoms with Crippen molar-refractivity contribution in [2.75, 3.05) is 27.3 Å². The fourth-order valence-corrected chi connectivity index (χ4v) is 1.93. The molecule has 1 amide bonds. The summed E-state index contributed by atoms with van der Waals surface area (Å²) in [5.74, 6) is -0.186. The second-order valence-corrected chi connectivity index (χ2v) is 4.37. The molecular weight excluding hydrogens is 246 g/mol. The quantitative estimate of drug-likeness (QED) is 0.848. The summed E-state index contributed by atoms with van der Waals surface area (Å²) in [4.78, 5) is 17.9. The molecule has 102 valence electrons. The number of aliphatic hydroxyl groups is 1. The third kappa shape index (κ3) is 2.91. The second-order valence-electron chi connectivity index (χ2n) is 4.37. The number of carbonyl (C=O) groups is 1. The van der Waals surface area contributed by atoms with Gasteiger partial charge in [-0.2, -0.15) is 0 Å². The Bertz CT molecular complexity index is 567. The summed E-state index contributed by atoms with van der Waals surface area (Å²) in [5.41, 5.74) is 1.19. The predicted octanol–water partition coefficient (Wildman–Crippen LogP) is 0.414. The monoisotopic (exact) mass is 263 g/mol. The first-order valence-electron chi connectivity index (χ1n) is 5.98. The maximum absolute atomic E-state index is 12.3. The number of methoxy groups -OCH3 is 1. The van der Waals surface area contributed by atoms with Crippen LogP contribution in [0.1, 0.15) is 10.5 Å². The van der Waals surface area contributed by atoms with E-state index in [0.717, 1.165) is 5.65 Å². The molecule has 0 aliphatic heterocycles. The van der Waals surface area contributed by atoms with Gasteiger partial charge in [0.1, 0.15) is 11.3 Å². The molecule has 2 rings (SSSR count). The summed E-state index contributed by atoms with van der Waals surface area (Å²) in [6, 6.07) is 5.53. The number of hydrogen-bond donors (Lipinski definition) is 1. The minimum atomic E-state index is -0.696. The van der Waals surface area contributed by atoms with Gasteiger partial charge in [-0.1, -0.05) is 6.07 Å². The van der Waals surface area contributed by atoms with E-state index in [1.807, 2.05) is 18.2 Å². The van der Waals surface area contributed by atoms with Gasteiger partial charge in [-0.25, -0.2) is 4.98 Å². The van der Waals surface area contributed by atoms with Gasteiger partial charge in [0.25, 0.3) is 5.91 Å². The third-order valence-electron chi connectivity index (χ3n) is 2.83. The molecule has 1 N–H and O–H groups in total. The van der Waals surface area contributed by atoms with Crippen LogP contribution in [0, 0.1) is 0 Å². The summed E-state index contributed by atoms with van der Waals surface area (Å²) in [5, 5.41) is 9.64. The van der Waals surface area contributed by atoms with Crippen molar-refractivity contribution < 1.29 is 14.6 Å². The first kappa shape index (κ1) is 13.5. The third-order valence-corrected chi connectivity index (χ3v) is 2.83. The van der Waals surface area contributed by atoms with Gasteiger partial charge in [0.15, 0.2) is 0 Å². The van der Waals surface area contributed by atoms with Gasteiger partial charge in [-0.3, -0.25) is 9.20 Å². The molecule has 0 spiro atoms. The standard InChI is InChI=1S/C13H17N3O3/c1-15(8-10(17)9-19-2)13(18)11-7-14-12-5-3-4-6-16(11)12/h3-7,10,17H,8-9H2,1-2H3. The minimum Gasteiger partial charge on any atom is -0.389 e. The summed E-state index contributed by atoms with van der Waals surface area (Å²) in [6.07, 6.45) is 2.63. The number of fused-ring (bicyclic) bond motifs is 1. The van der Waals surface area contributed by atoms with E-state index in [0.29, 0.717) is 5.69 Å². The molecule has 1 atom stereocenters. The van der Waals surface area contributed by atoms with Crippen molar-refractivity contribution in [3.8, 4) is 0 Å². The zero-order chi connectivity index (χ0) is 13.8. The Morgan fingerprint density at radius 3 is 3.11 bits per heavy atom. The number of aliphatic hydroxyl groups excluding tert-OH is 1. The molecule has 2 aromatic rings. The van der Waals surface area contributed by atoms with Crippen molar-refractivity contribution in [3.05, 3.63) is 36.3 Å². The molecule has 19 heavy (non-hydrogen) atoms. The number of nitrogens with zero attached hydrogens (tertiary/aromatic N) is 3. The van der Waals surface area contributed by atoms with Crippen LogP contribution >= 0.6 is 0 Å². The lowest BCUT2D eigenvalue weighted by molar-refractivity contribution is 0.0377. The number of amides is 1. The Balaban J connectivity index is 2.15. The van der Waals surface area contributed by atoms with E-state index in [1.54, 1.807) is 17.6 Å². The number of carbonyl (C=O) groups excluding carboxylic acids is 1. The van der Waals surface area contributed by atoms with Gasteiger partial charge in [-0.05, 0) is 12.1 Å². The lowest BCUT2D eigenvalue weighted by Crippen LogP contribution is -2.36. The molecule has 1 unspecified atom stereocenters. The minimum absolute atomic E-state index is 0.186. The maximum Gasteiger partial charge on any atom is 0.272 e. The van der Waals surface area contributed by atoms with E-state index in [1.165, 1.54) is 18.2 Å². The smallest absolute Gasteiger partial charge is 0.272 e. The molecule has 0 fully saturated rings. The molecule has 2 heterocycles. The molecule has 0 saturated carbocycles. The van der Waals surface area contributed by atoms with Crippen molar-refractivity contribution in [1.82, 2.24) is 14.3 Å². The van der Waals surface area contributed by atoms with Crippen LogP contribution in [0.5, 0.6) is 0 Å². The Kier molecular flexibility index (Phi) is 4.13. The van der Waals surface area contributed by atoms with E-state index in [-0.39, 0.29) is 19.1 Å². The summed E-state index contributed by atoms with van der Waals surface area (Å²) < 4.78 is 6.56. The zero-order valence-corrected chi connectivity index (χ0v) is 11.0. The van der Waals surface area contributed by atoms with Crippen LogP contribution in [0.4, 0.5) is 0 Å². The Hall–Kier alpha value is -1.92. The first-order chi connectivity index (χ1) is 9.13. The van der Waals surface area contributed by atoms with Gasteiger partial charge in [0.05, 0.1) is 18.9 Å². The number of likely N-dealkylation sites (N-methyl/N-ethyl adjacent to an activating group) is 1. The van der Waals surface area contributed by atoms with Crippen molar-refractivity contribution in [1.29, 1.82) is 0 Å². The summed E-state index contributed by atoms with van der Waals surface area (Å²) >= 11 is 0. The number of aromatic nitrogens is 2. The lowest BCUT2D eigenvalue weighted by atomic mass is 10.3. The highest BCUT2D eigenvalue weighted by molar-refractivity contribution is 5.93. The van der Waals surface area contributed by atoms with E-state index in [2.05, 4.69) is 4.98 Å². The predicted molar refractivity (Wildman–Crippen MR) is 70.0 cm³/mol. The Morgan fingerprint density at radius 2 is 2.37 bits per heavy atom. The molecule has 0 bridgehead atoms. The molecule has 6 heteroatoms. The van der Waals surface area contributed by atoms with Gasteiger partial charge in [-0.15, -0.1) is 0 Å². The molecule has 0 aliphatic carbocycles. The molecule has 0 radical (unpaired) electrons. The average molecular weight is 263 g/mol. The van der Waals surface area contributed by atoms with Crippen LogP contribution < -0.4 is 0 Å². The maximum atomic E-state index is 12.3. The Labute approximate surface area is 111 Å². The first-order valence-corrected chi connectivity index (χ1v) is 5.98. The molecule has 6 nitrogen and oxygen atoms in total. The van der Waals surface area contributed by atoms with Gasteiger partial charge in [0, 0.05) is 26.9 Å². The van der Waals surface area contributed by atoms with Crippen LogP contribution in [0.15, 0.2) is 30.6 Å². The van der Waals surface area contributed by atoms with E-state index in [4.69, 9.17) is 4.74 Å². The number of imidazole rings is 1. The van der Waals surface area contributed by atoms with E-state index >= 15 is 0 Å². The molecule has 0 aromatic carbocycles. The Morgan fingerprint density at radius 1 is 1.58 bits per heavy atom. The van der Waals surface area contributed by atoms with Crippen molar-refractivity contribution in [2.45, 2.75) is 6.10 Å². The molecule has 0 saturated heterocycles. The van der Waals surface area contributed by atoms with Gasteiger partial charge >= 0.3 is 0 Å². The fraction of sp³-hybridized carbons (Fsp3) is 0.385. The largest absolute Gasteiger partial charge is 0.389 e.